The number of esters is 1. The van der Waals surface area contributed by atoms with Gasteiger partial charge in [-0.3, -0.25) is 9.59 Å². The van der Waals surface area contributed by atoms with Crippen LogP contribution < -0.4 is 0 Å². The fourth-order valence-corrected chi connectivity index (χ4v) is 9.43. The van der Waals surface area contributed by atoms with Gasteiger partial charge in [-0.15, -0.1) is 6.58 Å². The minimum Gasteiger partial charge on any atom is -0.456 e. The zero-order chi connectivity index (χ0) is 42.9. The minimum absolute atomic E-state index is 0.0112. The predicted octanol–water partition coefficient (Wildman–Crippen LogP) is 5.56. The van der Waals surface area contributed by atoms with E-state index in [0.29, 0.717) is 68.4 Å². The molecule has 3 fully saturated rings. The van der Waals surface area contributed by atoms with Gasteiger partial charge in [-0.1, -0.05) is 49.7 Å². The van der Waals surface area contributed by atoms with Crippen molar-refractivity contribution in [2.24, 2.45) is 34.7 Å². The smallest absolute Gasteiger partial charge is 0.329 e. The predicted molar refractivity (Wildman–Crippen MR) is 219 cm³/mol. The molecule has 3 aliphatic heterocycles. The van der Waals surface area contributed by atoms with E-state index in [9.17, 15) is 29.8 Å². The number of carbonyl (C=O) groups excluding carboxylic acids is 3. The maximum atomic E-state index is 14.4. The Labute approximate surface area is 344 Å². The zero-order valence-electron chi connectivity index (χ0n) is 35.9. The van der Waals surface area contributed by atoms with Crippen LogP contribution in [0.4, 0.5) is 0 Å². The minimum atomic E-state index is -2.51. The number of aliphatic hydroxyl groups excluding tert-OH is 1. The molecule has 0 aromatic rings. The number of rotatable bonds is 7. The first-order chi connectivity index (χ1) is 27.5. The highest BCUT2D eigenvalue weighted by molar-refractivity contribution is 6.39. The summed E-state index contributed by atoms with van der Waals surface area (Å²) in [7, 11) is 4.65. The van der Waals surface area contributed by atoms with Gasteiger partial charge in [0.1, 0.15) is 18.2 Å². The molecule has 0 aromatic heterocycles. The Morgan fingerprint density at radius 2 is 1.74 bits per heavy atom. The summed E-state index contributed by atoms with van der Waals surface area (Å²) < 4.78 is 29.9. The fourth-order valence-electron chi connectivity index (χ4n) is 9.43. The molecule has 0 aromatic carbocycles. The molecule has 1 saturated carbocycles. The molecule has 4 rings (SSSR count). The Morgan fingerprint density at radius 3 is 2.38 bits per heavy atom. The van der Waals surface area contributed by atoms with Crippen LogP contribution in [0.15, 0.2) is 41.1 Å². The van der Waals surface area contributed by atoms with Crippen molar-refractivity contribution in [3.63, 3.8) is 0 Å². The van der Waals surface area contributed by atoms with Gasteiger partial charge >= 0.3 is 5.97 Å². The van der Waals surface area contributed by atoms with E-state index in [1.54, 1.807) is 27.0 Å². The summed E-state index contributed by atoms with van der Waals surface area (Å²) in [5.74, 6) is -7.33. The number of methoxy groups -OCH3 is 3. The van der Waals surface area contributed by atoms with Gasteiger partial charge in [0.15, 0.2) is 0 Å². The standard InChI is InChI=1S/C44H69N3O11/c1-10-13-31-19-25(2)18-26(3)20-37(55-8)40-38(56-9)22-28(5)44(52,58-40)41(49)42(50)47-17-12-11-14-34(47)43(51)57-39(29(6)35(48)24-33(31)46-53)27(4)21-30-15-16-32(45)36(23-30)54-7/h10,19,21,26,28-31,34-40,45,48,52-53H,1,11-18,20,22-24H2,2-9H3/b25-19+,27-21+,45-32?,46-33-/t26-,28+,29+,30-,31+,34-,35-,36+,37-,38-,39+,40+,44+/m0/s1. The lowest BCUT2D eigenvalue weighted by Gasteiger charge is -2.47. The highest BCUT2D eigenvalue weighted by Gasteiger charge is 2.56. The number of cyclic esters (lactones) is 1. The molecule has 1 amide bonds. The maximum Gasteiger partial charge on any atom is 0.329 e. The normalized spacial score (nSPS) is 39.9. The number of fused-ring (bicyclic) bond motifs is 3. The number of aliphatic hydroxyl groups is 2. The second kappa shape index (κ2) is 21.3. The molecule has 14 heteroatoms. The molecule has 13 atom stereocenters. The molecule has 2 bridgehead atoms. The number of hydrogen-bond donors (Lipinski definition) is 4. The van der Waals surface area contributed by atoms with E-state index < -0.39 is 71.8 Å². The van der Waals surface area contributed by atoms with Crippen LogP contribution >= 0.6 is 0 Å². The molecule has 0 radical (unpaired) electrons. The summed E-state index contributed by atoms with van der Waals surface area (Å²) in [6.45, 7) is 13.3. The van der Waals surface area contributed by atoms with Crippen LogP contribution in [0.2, 0.25) is 0 Å². The van der Waals surface area contributed by atoms with Crippen LogP contribution in [-0.2, 0) is 38.1 Å². The van der Waals surface area contributed by atoms with E-state index in [4.69, 9.17) is 29.1 Å². The summed E-state index contributed by atoms with van der Waals surface area (Å²) in [6, 6.07) is -1.13. The van der Waals surface area contributed by atoms with Crippen molar-refractivity contribution in [3.05, 3.63) is 36.0 Å². The van der Waals surface area contributed by atoms with Gasteiger partial charge in [-0.25, -0.2) is 4.79 Å². The van der Waals surface area contributed by atoms with Crippen LogP contribution in [0, 0.1) is 35.0 Å². The van der Waals surface area contributed by atoms with Crippen molar-refractivity contribution in [1.29, 1.82) is 5.41 Å². The number of ether oxygens (including phenoxy) is 5. The summed E-state index contributed by atoms with van der Waals surface area (Å²) in [6.07, 6.45) is 6.20. The molecule has 3 heterocycles. The number of hydrogen-bond acceptors (Lipinski definition) is 13. The van der Waals surface area contributed by atoms with Crippen LogP contribution in [0.5, 0.6) is 0 Å². The first kappa shape index (κ1) is 47.4. The molecular formula is C44H69N3O11. The molecule has 4 aliphatic rings. The number of oxime groups is 1. The maximum absolute atomic E-state index is 14.4. The Hall–Kier alpha value is -3.27. The zero-order valence-corrected chi connectivity index (χ0v) is 35.9. The number of ketones is 1. The third-order valence-electron chi connectivity index (χ3n) is 12.9. The van der Waals surface area contributed by atoms with E-state index in [1.807, 2.05) is 26.0 Å². The van der Waals surface area contributed by atoms with E-state index >= 15 is 0 Å². The Morgan fingerprint density at radius 1 is 1.05 bits per heavy atom. The molecule has 2 saturated heterocycles. The van der Waals surface area contributed by atoms with E-state index in [2.05, 4.69) is 18.7 Å². The van der Waals surface area contributed by atoms with Gasteiger partial charge in [0.2, 0.25) is 5.79 Å². The van der Waals surface area contributed by atoms with Crippen LogP contribution in [0.1, 0.15) is 105 Å². The molecule has 1 aliphatic carbocycles. The van der Waals surface area contributed by atoms with Crippen molar-refractivity contribution >= 4 is 29.1 Å². The monoisotopic (exact) mass is 815 g/mol. The second-order valence-electron chi connectivity index (χ2n) is 17.3. The van der Waals surface area contributed by atoms with Crippen molar-refractivity contribution in [2.75, 3.05) is 27.9 Å². The number of nitrogens with one attached hydrogen (secondary N) is 1. The second-order valence-corrected chi connectivity index (χ2v) is 17.3. The molecular weight excluding hydrogens is 746 g/mol. The van der Waals surface area contributed by atoms with Crippen molar-refractivity contribution in [3.8, 4) is 0 Å². The average Bonchev–Trinajstić information content (AvgIpc) is 3.20. The van der Waals surface area contributed by atoms with Crippen molar-refractivity contribution in [2.45, 2.75) is 154 Å². The molecule has 326 valence electrons. The topological polar surface area (TPSA) is 197 Å². The van der Waals surface area contributed by atoms with Crippen LogP contribution in [0.3, 0.4) is 0 Å². The SMILES string of the molecule is C=CC[C@@H]1/C=C(\C)C[C@H](C)C[C@H](OC)[C@H]2O[C@@](O)(C(=O)C(=O)N3CCCC[C@H]3C(=O)O[C@H](/C(C)=C/[C@@H]3CCC(=N)[C@H](OC)C3)[C@H](C)[C@@H](O)C/C1=N/O)[C@H](C)C[C@@H]2OC. The van der Waals surface area contributed by atoms with Gasteiger partial charge in [0.05, 0.1) is 30.1 Å². The molecule has 4 N–H and O–H groups in total. The average molecular weight is 816 g/mol. The quantitative estimate of drug-likeness (QED) is 0.0826. The Kier molecular flexibility index (Phi) is 17.4. The number of piperidine rings is 1. The van der Waals surface area contributed by atoms with Gasteiger partial charge in [-0.2, -0.15) is 0 Å². The molecule has 58 heavy (non-hydrogen) atoms. The third kappa shape index (κ3) is 11.1. The lowest BCUT2D eigenvalue weighted by Crippen LogP contribution is -2.64. The van der Waals surface area contributed by atoms with E-state index in [1.165, 1.54) is 19.1 Å². The Balaban J connectivity index is 1.80. The fraction of sp³-hybridized carbons (Fsp3) is 0.750. The number of amides is 1. The Bertz CT molecular complexity index is 1560. The first-order valence-electron chi connectivity index (χ1n) is 21.0. The summed E-state index contributed by atoms with van der Waals surface area (Å²) in [4.78, 5) is 44.1. The van der Waals surface area contributed by atoms with Gasteiger partial charge in [-0.05, 0) is 95.5 Å². The van der Waals surface area contributed by atoms with Crippen molar-refractivity contribution < 1.29 is 53.5 Å². The highest BCUT2D eigenvalue weighted by atomic mass is 16.7. The molecule has 0 spiro atoms. The number of nitrogens with zero attached hydrogens (tertiary/aromatic N) is 2. The van der Waals surface area contributed by atoms with E-state index in [0.717, 1.165) is 5.57 Å². The van der Waals surface area contributed by atoms with Gasteiger partial charge < -0.3 is 49.4 Å². The highest BCUT2D eigenvalue weighted by Crippen LogP contribution is 2.39. The van der Waals surface area contributed by atoms with E-state index in [-0.39, 0.29) is 49.7 Å². The molecule has 0 unspecified atom stereocenters. The lowest BCUT2D eigenvalue weighted by atomic mass is 9.81. The molecule has 14 nitrogen and oxygen atoms in total. The van der Waals surface area contributed by atoms with Gasteiger partial charge in [0, 0.05) is 57.8 Å². The lowest BCUT2D eigenvalue weighted by molar-refractivity contribution is -0.302. The largest absolute Gasteiger partial charge is 0.456 e. The van der Waals surface area contributed by atoms with Gasteiger partial charge in [0.25, 0.3) is 11.7 Å². The van der Waals surface area contributed by atoms with Crippen molar-refractivity contribution in [1.82, 2.24) is 4.90 Å². The number of Topliss-reactive ketones (excluding diaryl/α,β-unsaturated/α-hetero) is 1. The van der Waals surface area contributed by atoms with Crippen LogP contribution in [-0.4, -0.2) is 126 Å². The first-order valence-corrected chi connectivity index (χ1v) is 21.0. The summed E-state index contributed by atoms with van der Waals surface area (Å²) >= 11 is 0. The number of allylic oxidation sites excluding steroid dienone is 4. The number of carbonyl (C=O) groups is 3. The summed E-state index contributed by atoms with van der Waals surface area (Å²) in [5, 5.41) is 46.2. The van der Waals surface area contributed by atoms with Crippen LogP contribution in [0.25, 0.3) is 0 Å². The summed E-state index contributed by atoms with van der Waals surface area (Å²) in [5.41, 5.74) is 2.56. The third-order valence-corrected chi connectivity index (χ3v) is 12.9.